The number of alkyl halides is 3. The van der Waals surface area contributed by atoms with Crippen molar-refractivity contribution >= 4 is 29.2 Å². The molecule has 0 radical (unpaired) electrons. The summed E-state index contributed by atoms with van der Waals surface area (Å²) in [6.07, 6.45) is -2.71. The minimum Gasteiger partial charge on any atom is -0.494 e. The summed E-state index contributed by atoms with van der Waals surface area (Å²) >= 11 is 12.6. The Labute approximate surface area is 269 Å². The van der Waals surface area contributed by atoms with E-state index in [-0.39, 0.29) is 19.0 Å². The van der Waals surface area contributed by atoms with Gasteiger partial charge in [-0.25, -0.2) is 9.78 Å². The highest BCUT2D eigenvalue weighted by atomic mass is 35.5. The quantitative estimate of drug-likeness (QED) is 0.105. The van der Waals surface area contributed by atoms with Crippen LogP contribution >= 0.6 is 23.2 Å². The SMILES string of the molecule is CCOC(=O)c1ccc(-n2cc(-c3ccc(Cl)cc3Cl)nc2Cc2ccc(-c3ccc(OCCCC(F)(F)F)cc3)cc2)cc1. The summed E-state index contributed by atoms with van der Waals surface area (Å²) in [5, 5.41) is 1.01. The van der Waals surface area contributed by atoms with Crippen LogP contribution in [0.2, 0.25) is 10.0 Å². The Morgan fingerprint density at radius 2 is 1.56 bits per heavy atom. The van der Waals surface area contributed by atoms with Gasteiger partial charge in [-0.15, -0.1) is 0 Å². The number of ether oxygens (including phenoxy) is 2. The van der Waals surface area contributed by atoms with Crippen molar-refractivity contribution in [2.75, 3.05) is 13.2 Å². The van der Waals surface area contributed by atoms with Crippen LogP contribution in [0, 0.1) is 0 Å². The van der Waals surface area contributed by atoms with Gasteiger partial charge in [-0.2, -0.15) is 13.2 Å². The summed E-state index contributed by atoms with van der Waals surface area (Å²) in [6.45, 7) is 2.07. The van der Waals surface area contributed by atoms with Crippen molar-refractivity contribution in [3.8, 4) is 33.8 Å². The molecule has 0 unspecified atom stereocenters. The molecule has 0 fully saturated rings. The molecule has 10 heteroatoms. The van der Waals surface area contributed by atoms with Crippen LogP contribution in [0.1, 0.15) is 41.5 Å². The topological polar surface area (TPSA) is 53.4 Å². The van der Waals surface area contributed by atoms with Crippen molar-refractivity contribution in [1.82, 2.24) is 9.55 Å². The Balaban J connectivity index is 1.35. The Hall–Kier alpha value is -4.27. The molecule has 1 heterocycles. The Morgan fingerprint density at radius 1 is 0.889 bits per heavy atom. The standard InChI is InChI=1S/C35H29Cl2F3N2O3/c1-2-44-34(43)26-8-13-28(14-9-26)42-22-32(30-17-12-27(36)21-31(30)37)41-33(42)20-23-4-6-24(7-5-23)25-10-15-29(16-11-25)45-19-3-18-35(38,39)40/h4-17,21-22H,2-3,18-20H2,1H3. The number of nitrogens with zero attached hydrogens (tertiary/aromatic N) is 2. The van der Waals surface area contributed by atoms with Crippen LogP contribution in [0.5, 0.6) is 5.75 Å². The van der Waals surface area contributed by atoms with E-state index in [2.05, 4.69) is 0 Å². The number of rotatable bonds is 11. The molecule has 5 rings (SSSR count). The maximum atomic E-state index is 12.3. The summed E-state index contributed by atoms with van der Waals surface area (Å²) < 4.78 is 49.6. The number of hydrogen-bond acceptors (Lipinski definition) is 4. The molecule has 0 bridgehead atoms. The number of hydrogen-bond donors (Lipinski definition) is 0. The van der Waals surface area contributed by atoms with E-state index in [9.17, 15) is 18.0 Å². The molecule has 0 saturated carbocycles. The first-order valence-electron chi connectivity index (χ1n) is 14.3. The van der Waals surface area contributed by atoms with Crippen LogP contribution in [-0.2, 0) is 11.2 Å². The van der Waals surface area contributed by atoms with Gasteiger partial charge >= 0.3 is 12.1 Å². The van der Waals surface area contributed by atoms with E-state index in [0.717, 1.165) is 33.8 Å². The second-order valence-electron chi connectivity index (χ2n) is 10.3. The minimum absolute atomic E-state index is 0.00476. The zero-order valence-electron chi connectivity index (χ0n) is 24.3. The highest BCUT2D eigenvalue weighted by Gasteiger charge is 2.26. The van der Waals surface area contributed by atoms with Gasteiger partial charge in [0.05, 0.1) is 29.5 Å². The predicted molar refractivity (Wildman–Crippen MR) is 170 cm³/mol. The molecule has 0 aliphatic heterocycles. The third kappa shape index (κ3) is 8.47. The third-order valence-electron chi connectivity index (χ3n) is 7.02. The molecule has 0 aliphatic carbocycles. The fraction of sp³-hybridized carbons (Fsp3) is 0.200. The van der Waals surface area contributed by atoms with Crippen LogP contribution in [0.15, 0.2) is 97.2 Å². The Morgan fingerprint density at radius 3 is 2.18 bits per heavy atom. The highest BCUT2D eigenvalue weighted by Crippen LogP contribution is 2.32. The van der Waals surface area contributed by atoms with E-state index in [1.54, 1.807) is 43.3 Å². The van der Waals surface area contributed by atoms with Crippen LogP contribution in [-0.4, -0.2) is 34.9 Å². The van der Waals surface area contributed by atoms with E-state index in [0.29, 0.717) is 40.1 Å². The number of esters is 1. The molecule has 0 N–H and O–H groups in total. The first-order valence-corrected chi connectivity index (χ1v) is 15.1. The molecular formula is C35H29Cl2F3N2O3. The zero-order chi connectivity index (χ0) is 32.0. The van der Waals surface area contributed by atoms with Crippen molar-refractivity contribution in [3.05, 3.63) is 124 Å². The van der Waals surface area contributed by atoms with Gasteiger partial charge in [-0.05, 0) is 84.6 Å². The number of carbonyl (C=O) groups is 1. The average Bonchev–Trinajstić information content (AvgIpc) is 3.43. The largest absolute Gasteiger partial charge is 0.494 e. The van der Waals surface area contributed by atoms with E-state index >= 15 is 0 Å². The van der Waals surface area contributed by atoms with Gasteiger partial charge in [0.15, 0.2) is 0 Å². The van der Waals surface area contributed by atoms with Crippen molar-refractivity contribution in [2.45, 2.75) is 32.4 Å². The molecule has 0 aliphatic rings. The monoisotopic (exact) mass is 652 g/mol. The molecule has 4 aromatic carbocycles. The molecule has 5 aromatic rings. The molecule has 1 aromatic heterocycles. The normalized spacial score (nSPS) is 11.4. The zero-order valence-corrected chi connectivity index (χ0v) is 25.8. The van der Waals surface area contributed by atoms with Crippen molar-refractivity contribution < 1.29 is 27.4 Å². The van der Waals surface area contributed by atoms with Gasteiger partial charge in [-0.1, -0.05) is 59.6 Å². The van der Waals surface area contributed by atoms with Crippen LogP contribution in [0.3, 0.4) is 0 Å². The van der Waals surface area contributed by atoms with Gasteiger partial charge in [0.1, 0.15) is 11.6 Å². The summed E-state index contributed by atoms with van der Waals surface area (Å²) in [5.41, 5.74) is 5.65. The van der Waals surface area contributed by atoms with Gasteiger partial charge < -0.3 is 14.0 Å². The minimum atomic E-state index is -4.18. The lowest BCUT2D eigenvalue weighted by molar-refractivity contribution is -0.136. The fourth-order valence-corrected chi connectivity index (χ4v) is 5.28. The lowest BCUT2D eigenvalue weighted by atomic mass is 10.0. The van der Waals surface area contributed by atoms with Gasteiger partial charge in [0.2, 0.25) is 0 Å². The van der Waals surface area contributed by atoms with Crippen molar-refractivity contribution in [3.63, 3.8) is 0 Å². The summed E-state index contributed by atoms with van der Waals surface area (Å²) in [4.78, 5) is 17.1. The van der Waals surface area contributed by atoms with Crippen molar-refractivity contribution in [2.24, 2.45) is 0 Å². The number of benzene rings is 4. The molecular weight excluding hydrogens is 624 g/mol. The highest BCUT2D eigenvalue weighted by molar-refractivity contribution is 6.36. The van der Waals surface area contributed by atoms with Gasteiger partial charge in [0, 0.05) is 35.3 Å². The van der Waals surface area contributed by atoms with Gasteiger partial charge in [-0.3, -0.25) is 0 Å². The lowest BCUT2D eigenvalue weighted by Gasteiger charge is -2.10. The van der Waals surface area contributed by atoms with Gasteiger partial charge in [0.25, 0.3) is 0 Å². The summed E-state index contributed by atoms with van der Waals surface area (Å²) in [7, 11) is 0. The summed E-state index contributed by atoms with van der Waals surface area (Å²) in [6, 6.07) is 27.7. The van der Waals surface area contributed by atoms with Crippen LogP contribution < -0.4 is 4.74 Å². The fourth-order valence-electron chi connectivity index (χ4n) is 4.77. The van der Waals surface area contributed by atoms with Crippen LogP contribution in [0.25, 0.3) is 28.1 Å². The van der Waals surface area contributed by atoms with E-state index < -0.39 is 12.6 Å². The van der Waals surface area contributed by atoms with Crippen molar-refractivity contribution in [1.29, 1.82) is 0 Å². The molecule has 45 heavy (non-hydrogen) atoms. The number of halogens is 5. The Kier molecular flexibility index (Phi) is 10.2. The molecule has 232 valence electrons. The molecule has 0 atom stereocenters. The Bertz CT molecular complexity index is 1750. The molecule has 0 saturated heterocycles. The first-order chi connectivity index (χ1) is 21.6. The summed E-state index contributed by atoms with van der Waals surface area (Å²) in [5.74, 6) is 0.905. The second-order valence-corrected chi connectivity index (χ2v) is 11.1. The smallest absolute Gasteiger partial charge is 0.389 e. The maximum Gasteiger partial charge on any atom is 0.389 e. The second kappa shape index (κ2) is 14.2. The van der Waals surface area contributed by atoms with E-state index in [4.69, 9.17) is 37.7 Å². The number of imidazole rings is 1. The number of aromatic nitrogens is 2. The maximum absolute atomic E-state index is 12.3. The number of carbonyl (C=O) groups excluding carboxylic acids is 1. The van der Waals surface area contributed by atoms with E-state index in [1.807, 2.05) is 65.4 Å². The first kappa shape index (κ1) is 32.1. The molecule has 0 spiro atoms. The average molecular weight is 654 g/mol. The third-order valence-corrected chi connectivity index (χ3v) is 7.57. The predicted octanol–water partition coefficient (Wildman–Crippen LogP) is 10.0. The van der Waals surface area contributed by atoms with Crippen LogP contribution in [0.4, 0.5) is 13.2 Å². The van der Waals surface area contributed by atoms with E-state index in [1.165, 1.54) is 0 Å². The molecule has 0 amide bonds. The lowest BCUT2D eigenvalue weighted by Crippen LogP contribution is -2.09. The molecule has 5 nitrogen and oxygen atoms in total.